The summed E-state index contributed by atoms with van der Waals surface area (Å²) in [7, 11) is 0. The molecule has 0 bridgehead atoms. The molecule has 0 saturated heterocycles. The van der Waals surface area contributed by atoms with Crippen molar-refractivity contribution in [1.29, 1.82) is 0 Å². The molecule has 3 heteroatoms. The molecule has 0 heterocycles. The van der Waals surface area contributed by atoms with Crippen molar-refractivity contribution in [2.75, 3.05) is 13.2 Å². The molecular weight excluding hydrogens is 202 g/mol. The van der Waals surface area contributed by atoms with E-state index in [0.29, 0.717) is 13.0 Å². The average Bonchev–Trinajstić information content (AvgIpc) is 2.66. The molecule has 0 aromatic heterocycles. The monoisotopic (exact) mass is 227 g/mol. The third-order valence-corrected chi connectivity index (χ3v) is 3.66. The van der Waals surface area contributed by atoms with Crippen molar-refractivity contribution in [2.45, 2.75) is 58.9 Å². The van der Waals surface area contributed by atoms with Crippen molar-refractivity contribution in [3.63, 3.8) is 0 Å². The van der Waals surface area contributed by atoms with Crippen molar-refractivity contribution < 1.29 is 9.90 Å². The lowest BCUT2D eigenvalue weighted by Crippen LogP contribution is -2.45. The van der Waals surface area contributed by atoms with Crippen LogP contribution in [0.3, 0.4) is 0 Å². The fourth-order valence-corrected chi connectivity index (χ4v) is 2.55. The van der Waals surface area contributed by atoms with Gasteiger partial charge < -0.3 is 10.0 Å². The second-order valence-corrected chi connectivity index (χ2v) is 5.44. The number of carbonyl (C=O) groups is 1. The number of aliphatic hydroxyl groups excluding tert-OH is 1. The van der Waals surface area contributed by atoms with Crippen LogP contribution >= 0.6 is 0 Å². The number of amides is 1. The highest BCUT2D eigenvalue weighted by Gasteiger charge is 2.39. The number of hydrogen-bond acceptors (Lipinski definition) is 2. The van der Waals surface area contributed by atoms with E-state index in [0.717, 1.165) is 12.8 Å². The summed E-state index contributed by atoms with van der Waals surface area (Å²) < 4.78 is 0. The molecule has 0 radical (unpaired) electrons. The van der Waals surface area contributed by atoms with Crippen LogP contribution in [0.15, 0.2) is 0 Å². The van der Waals surface area contributed by atoms with Crippen molar-refractivity contribution in [3.8, 4) is 0 Å². The number of aliphatic hydroxyl groups is 1. The fraction of sp³-hybridized carbons (Fsp3) is 0.923. The van der Waals surface area contributed by atoms with Crippen LogP contribution in [-0.4, -0.2) is 35.1 Å². The van der Waals surface area contributed by atoms with Crippen LogP contribution in [0, 0.1) is 5.41 Å². The summed E-state index contributed by atoms with van der Waals surface area (Å²) in [5.41, 5.74) is -0.139. The van der Waals surface area contributed by atoms with E-state index < -0.39 is 0 Å². The predicted octanol–water partition coefficient (Wildman–Crippen LogP) is 2.19. The highest BCUT2D eigenvalue weighted by molar-refractivity contribution is 5.82. The quantitative estimate of drug-likeness (QED) is 0.782. The summed E-state index contributed by atoms with van der Waals surface area (Å²) in [4.78, 5) is 14.4. The molecule has 1 saturated carbocycles. The van der Waals surface area contributed by atoms with Gasteiger partial charge in [-0.25, -0.2) is 0 Å². The van der Waals surface area contributed by atoms with E-state index >= 15 is 0 Å². The first-order valence-electron chi connectivity index (χ1n) is 6.43. The number of nitrogens with zero attached hydrogens (tertiary/aromatic N) is 1. The Hall–Kier alpha value is -0.570. The van der Waals surface area contributed by atoms with Gasteiger partial charge in [0.2, 0.25) is 5.91 Å². The standard InChI is InChI=1S/C13H25NO2/c1-11(2)14(9-6-10-15)12(16)13(3)7-4-5-8-13/h11,15H,4-10H2,1-3H3. The van der Waals surface area contributed by atoms with Crippen molar-refractivity contribution in [1.82, 2.24) is 4.90 Å². The van der Waals surface area contributed by atoms with E-state index in [-0.39, 0.29) is 24.0 Å². The third kappa shape index (κ3) is 2.97. The molecule has 16 heavy (non-hydrogen) atoms. The predicted molar refractivity (Wildman–Crippen MR) is 65.1 cm³/mol. The second kappa shape index (κ2) is 5.67. The third-order valence-electron chi connectivity index (χ3n) is 3.66. The highest BCUT2D eigenvalue weighted by Crippen LogP contribution is 2.39. The fourth-order valence-electron chi connectivity index (χ4n) is 2.55. The summed E-state index contributed by atoms with van der Waals surface area (Å²) in [6.07, 6.45) is 5.07. The molecule has 1 fully saturated rings. The van der Waals surface area contributed by atoms with Crippen LogP contribution in [0.25, 0.3) is 0 Å². The SMILES string of the molecule is CC(C)N(CCCO)C(=O)C1(C)CCCC1. The first kappa shape index (κ1) is 13.5. The van der Waals surface area contributed by atoms with Gasteiger partial charge in [-0.1, -0.05) is 19.8 Å². The van der Waals surface area contributed by atoms with Gasteiger partial charge in [-0.05, 0) is 33.1 Å². The number of carbonyl (C=O) groups excluding carboxylic acids is 1. The van der Waals surface area contributed by atoms with Gasteiger partial charge in [0.25, 0.3) is 0 Å². The zero-order valence-electron chi connectivity index (χ0n) is 10.8. The van der Waals surface area contributed by atoms with Crippen LogP contribution in [0.4, 0.5) is 0 Å². The molecule has 1 aliphatic rings. The summed E-state index contributed by atoms with van der Waals surface area (Å²) in [6.45, 7) is 7.04. The van der Waals surface area contributed by atoms with Crippen LogP contribution in [0.2, 0.25) is 0 Å². The van der Waals surface area contributed by atoms with Crippen molar-refractivity contribution in [3.05, 3.63) is 0 Å². The average molecular weight is 227 g/mol. The Bertz CT molecular complexity index is 232. The summed E-state index contributed by atoms with van der Waals surface area (Å²) in [5, 5.41) is 8.87. The Morgan fingerprint density at radius 3 is 2.38 bits per heavy atom. The molecule has 0 aromatic rings. The first-order valence-corrected chi connectivity index (χ1v) is 6.43. The van der Waals surface area contributed by atoms with E-state index in [1.165, 1.54) is 12.8 Å². The van der Waals surface area contributed by atoms with Crippen molar-refractivity contribution in [2.24, 2.45) is 5.41 Å². The maximum atomic E-state index is 12.5. The lowest BCUT2D eigenvalue weighted by molar-refractivity contribution is -0.143. The molecule has 0 unspecified atom stereocenters. The highest BCUT2D eigenvalue weighted by atomic mass is 16.3. The van der Waals surface area contributed by atoms with Gasteiger partial charge in [0.1, 0.15) is 0 Å². The van der Waals surface area contributed by atoms with Crippen molar-refractivity contribution >= 4 is 5.91 Å². The van der Waals surface area contributed by atoms with Crippen LogP contribution in [-0.2, 0) is 4.79 Å². The van der Waals surface area contributed by atoms with Gasteiger partial charge >= 0.3 is 0 Å². The first-order chi connectivity index (χ1) is 7.51. The summed E-state index contributed by atoms with van der Waals surface area (Å²) in [5.74, 6) is 0.286. The van der Waals surface area contributed by atoms with Gasteiger partial charge in [0.05, 0.1) is 0 Å². The molecular formula is C13H25NO2. The minimum absolute atomic E-state index is 0.139. The number of hydrogen-bond donors (Lipinski definition) is 1. The maximum absolute atomic E-state index is 12.5. The normalized spacial score (nSPS) is 19.1. The Morgan fingerprint density at radius 1 is 1.38 bits per heavy atom. The maximum Gasteiger partial charge on any atom is 0.228 e. The lowest BCUT2D eigenvalue weighted by atomic mass is 9.86. The molecule has 0 aliphatic heterocycles. The Kier molecular flexibility index (Phi) is 4.78. The molecule has 1 rings (SSSR count). The van der Waals surface area contributed by atoms with E-state index in [1.54, 1.807) is 0 Å². The topological polar surface area (TPSA) is 40.5 Å². The molecule has 0 aromatic carbocycles. The van der Waals surface area contributed by atoms with Gasteiger partial charge in [-0.3, -0.25) is 4.79 Å². The summed E-state index contributed by atoms with van der Waals surface area (Å²) >= 11 is 0. The Labute approximate surface area is 98.8 Å². The Balaban J connectivity index is 2.66. The zero-order chi connectivity index (χ0) is 12.2. The molecule has 3 nitrogen and oxygen atoms in total. The zero-order valence-corrected chi connectivity index (χ0v) is 10.8. The van der Waals surface area contributed by atoms with Gasteiger partial charge in [0.15, 0.2) is 0 Å². The minimum Gasteiger partial charge on any atom is -0.396 e. The molecule has 94 valence electrons. The molecule has 1 aliphatic carbocycles. The van der Waals surface area contributed by atoms with Gasteiger partial charge in [-0.15, -0.1) is 0 Å². The molecule has 1 amide bonds. The Morgan fingerprint density at radius 2 is 1.94 bits per heavy atom. The lowest BCUT2D eigenvalue weighted by Gasteiger charge is -2.34. The van der Waals surface area contributed by atoms with Crippen LogP contribution in [0.1, 0.15) is 52.9 Å². The van der Waals surface area contributed by atoms with Gasteiger partial charge in [-0.2, -0.15) is 0 Å². The largest absolute Gasteiger partial charge is 0.396 e. The summed E-state index contributed by atoms with van der Waals surface area (Å²) in [6, 6.07) is 0.233. The van der Waals surface area contributed by atoms with Crippen LogP contribution < -0.4 is 0 Å². The van der Waals surface area contributed by atoms with E-state index in [9.17, 15) is 4.79 Å². The minimum atomic E-state index is -0.139. The van der Waals surface area contributed by atoms with Gasteiger partial charge in [0, 0.05) is 24.6 Å². The number of rotatable bonds is 5. The van der Waals surface area contributed by atoms with E-state index in [2.05, 4.69) is 6.92 Å². The van der Waals surface area contributed by atoms with E-state index in [4.69, 9.17) is 5.11 Å². The van der Waals surface area contributed by atoms with E-state index in [1.807, 2.05) is 18.7 Å². The molecule has 0 atom stereocenters. The smallest absolute Gasteiger partial charge is 0.228 e. The second-order valence-electron chi connectivity index (χ2n) is 5.44. The molecule has 1 N–H and O–H groups in total. The van der Waals surface area contributed by atoms with Crippen LogP contribution in [0.5, 0.6) is 0 Å². The molecule has 0 spiro atoms.